The summed E-state index contributed by atoms with van der Waals surface area (Å²) in [6, 6.07) is 12.1. The van der Waals surface area contributed by atoms with Gasteiger partial charge in [0, 0.05) is 34.4 Å². The summed E-state index contributed by atoms with van der Waals surface area (Å²) in [5.74, 6) is 0.563. The molecule has 0 saturated carbocycles. The van der Waals surface area contributed by atoms with Crippen LogP contribution < -0.4 is 5.32 Å². The summed E-state index contributed by atoms with van der Waals surface area (Å²) in [6.45, 7) is 2.11. The lowest BCUT2D eigenvalue weighted by Gasteiger charge is -2.30. The molecular formula is C21H23Cl3N2O2S. The quantitative estimate of drug-likeness (QED) is 0.528. The Balaban J connectivity index is 2.14. The Bertz CT molecular complexity index is 864. The van der Waals surface area contributed by atoms with E-state index in [-0.39, 0.29) is 24.1 Å². The maximum atomic E-state index is 13.0. The molecule has 2 aromatic rings. The monoisotopic (exact) mass is 472 g/mol. The van der Waals surface area contributed by atoms with Crippen LogP contribution >= 0.6 is 46.6 Å². The fourth-order valence-electron chi connectivity index (χ4n) is 2.89. The Morgan fingerprint density at radius 2 is 1.83 bits per heavy atom. The van der Waals surface area contributed by atoms with E-state index in [4.69, 9.17) is 34.8 Å². The molecule has 0 bridgehead atoms. The predicted molar refractivity (Wildman–Crippen MR) is 123 cm³/mol. The third-order valence-electron chi connectivity index (χ3n) is 4.37. The van der Waals surface area contributed by atoms with E-state index in [1.165, 1.54) is 11.8 Å². The number of carbonyl (C=O) groups excluding carboxylic acids is 2. The number of nitrogens with zero attached hydrogens (tertiary/aromatic N) is 1. The first kappa shape index (κ1) is 23.9. The van der Waals surface area contributed by atoms with Crippen molar-refractivity contribution >= 4 is 58.4 Å². The molecular weight excluding hydrogens is 451 g/mol. The van der Waals surface area contributed by atoms with Crippen molar-refractivity contribution in [1.82, 2.24) is 10.2 Å². The van der Waals surface area contributed by atoms with Crippen molar-refractivity contribution < 1.29 is 9.59 Å². The van der Waals surface area contributed by atoms with Gasteiger partial charge in [0.1, 0.15) is 6.04 Å². The van der Waals surface area contributed by atoms with E-state index < -0.39 is 6.04 Å². The van der Waals surface area contributed by atoms with Gasteiger partial charge in [0.15, 0.2) is 0 Å². The summed E-state index contributed by atoms with van der Waals surface area (Å²) >= 11 is 19.8. The molecule has 1 N–H and O–H groups in total. The minimum atomic E-state index is -0.578. The molecule has 0 aromatic heterocycles. The highest BCUT2D eigenvalue weighted by molar-refractivity contribution is 7.99. The van der Waals surface area contributed by atoms with Crippen molar-refractivity contribution in [2.45, 2.75) is 31.7 Å². The molecule has 0 saturated heterocycles. The predicted octanol–water partition coefficient (Wildman–Crippen LogP) is 5.43. The highest BCUT2D eigenvalue weighted by Crippen LogP contribution is 2.24. The van der Waals surface area contributed by atoms with Crippen molar-refractivity contribution in [2.24, 2.45) is 0 Å². The fourth-order valence-corrected chi connectivity index (χ4v) is 4.42. The largest absolute Gasteiger partial charge is 0.357 e. The van der Waals surface area contributed by atoms with Gasteiger partial charge in [-0.05, 0) is 41.8 Å². The number of nitrogens with one attached hydrogen (secondary N) is 1. The van der Waals surface area contributed by atoms with Gasteiger partial charge in [-0.15, -0.1) is 11.8 Å². The Morgan fingerprint density at radius 1 is 1.10 bits per heavy atom. The van der Waals surface area contributed by atoms with Crippen LogP contribution in [0.5, 0.6) is 0 Å². The van der Waals surface area contributed by atoms with Gasteiger partial charge in [0.25, 0.3) is 0 Å². The van der Waals surface area contributed by atoms with Crippen molar-refractivity contribution in [3.8, 4) is 0 Å². The Labute approximate surface area is 190 Å². The third-order valence-corrected chi connectivity index (χ3v) is 6.18. The molecule has 156 valence electrons. The maximum absolute atomic E-state index is 13.0. The number of amides is 2. The van der Waals surface area contributed by atoms with Crippen LogP contribution in [0.1, 0.15) is 24.5 Å². The van der Waals surface area contributed by atoms with Crippen LogP contribution in [0, 0.1) is 0 Å². The summed E-state index contributed by atoms with van der Waals surface area (Å²) < 4.78 is 0. The molecule has 2 aromatic carbocycles. The van der Waals surface area contributed by atoms with Gasteiger partial charge in [0.05, 0.1) is 5.75 Å². The van der Waals surface area contributed by atoms with Crippen molar-refractivity contribution in [2.75, 3.05) is 12.8 Å². The van der Waals surface area contributed by atoms with Crippen LogP contribution in [0.15, 0.2) is 42.5 Å². The van der Waals surface area contributed by atoms with E-state index in [1.54, 1.807) is 30.1 Å². The second-order valence-corrected chi connectivity index (χ2v) is 8.68. The molecule has 2 rings (SSSR count). The standard InChI is InChI=1S/C21H23Cl3N2O2S/c1-3-19(21(28)25-2)26(11-15-7-8-17(23)10-18(15)24)20(27)13-29-12-14-5-4-6-16(22)9-14/h4-10,19H,3,11-13H2,1-2H3,(H,25,28)/t19-/m0/s1. The van der Waals surface area contributed by atoms with Crippen LogP contribution in [-0.2, 0) is 21.9 Å². The normalized spacial score (nSPS) is 11.8. The third kappa shape index (κ3) is 7.10. The number of hydrogen-bond donors (Lipinski definition) is 1. The average Bonchev–Trinajstić information content (AvgIpc) is 2.69. The molecule has 0 aliphatic rings. The zero-order valence-electron chi connectivity index (χ0n) is 16.3. The number of rotatable bonds is 9. The summed E-state index contributed by atoms with van der Waals surface area (Å²) in [7, 11) is 1.57. The molecule has 0 spiro atoms. The van der Waals surface area contributed by atoms with Gasteiger partial charge >= 0.3 is 0 Å². The summed E-state index contributed by atoms with van der Waals surface area (Å²) in [5, 5.41) is 4.29. The van der Waals surface area contributed by atoms with Gasteiger partial charge in [-0.2, -0.15) is 0 Å². The van der Waals surface area contributed by atoms with Gasteiger partial charge in [-0.3, -0.25) is 9.59 Å². The molecule has 0 heterocycles. The summed E-state index contributed by atoms with van der Waals surface area (Å²) in [6.07, 6.45) is 0.496. The van der Waals surface area contributed by atoms with E-state index in [0.717, 1.165) is 11.1 Å². The Morgan fingerprint density at radius 3 is 2.45 bits per heavy atom. The van der Waals surface area contributed by atoms with Crippen molar-refractivity contribution in [1.29, 1.82) is 0 Å². The first-order valence-corrected chi connectivity index (χ1v) is 11.4. The minimum absolute atomic E-state index is 0.126. The molecule has 2 amide bonds. The topological polar surface area (TPSA) is 49.4 Å². The Hall–Kier alpha value is -1.40. The zero-order valence-corrected chi connectivity index (χ0v) is 19.3. The average molecular weight is 474 g/mol. The van der Waals surface area contributed by atoms with E-state index in [1.807, 2.05) is 31.2 Å². The SMILES string of the molecule is CC[C@@H](C(=O)NC)N(Cc1ccc(Cl)cc1Cl)C(=O)CSCc1cccc(Cl)c1. The second-order valence-electron chi connectivity index (χ2n) is 6.42. The van der Waals surface area contributed by atoms with Gasteiger partial charge in [-0.25, -0.2) is 0 Å². The number of likely N-dealkylation sites (N-methyl/N-ethyl adjacent to an activating group) is 1. The van der Waals surface area contributed by atoms with Crippen molar-refractivity contribution in [3.63, 3.8) is 0 Å². The molecule has 0 unspecified atom stereocenters. The van der Waals surface area contributed by atoms with Crippen LogP contribution in [-0.4, -0.2) is 35.6 Å². The molecule has 0 aliphatic carbocycles. The number of benzene rings is 2. The van der Waals surface area contributed by atoms with Crippen LogP contribution in [0.3, 0.4) is 0 Å². The van der Waals surface area contributed by atoms with Crippen LogP contribution in [0.25, 0.3) is 0 Å². The smallest absolute Gasteiger partial charge is 0.242 e. The van der Waals surface area contributed by atoms with Crippen LogP contribution in [0.2, 0.25) is 15.1 Å². The molecule has 8 heteroatoms. The van der Waals surface area contributed by atoms with E-state index >= 15 is 0 Å². The highest BCUT2D eigenvalue weighted by Gasteiger charge is 2.28. The number of hydrogen-bond acceptors (Lipinski definition) is 3. The maximum Gasteiger partial charge on any atom is 0.242 e. The molecule has 4 nitrogen and oxygen atoms in total. The zero-order chi connectivity index (χ0) is 21.4. The lowest BCUT2D eigenvalue weighted by atomic mass is 10.1. The van der Waals surface area contributed by atoms with E-state index in [9.17, 15) is 9.59 Å². The number of halogens is 3. The Kier molecular flexibility index (Phi) is 9.63. The molecule has 29 heavy (non-hydrogen) atoms. The van der Waals surface area contributed by atoms with Gasteiger partial charge in [-0.1, -0.05) is 59.9 Å². The minimum Gasteiger partial charge on any atom is -0.357 e. The molecule has 0 aliphatic heterocycles. The van der Waals surface area contributed by atoms with Gasteiger partial charge in [0.2, 0.25) is 11.8 Å². The number of thioether (sulfide) groups is 1. The van der Waals surface area contributed by atoms with Crippen molar-refractivity contribution in [3.05, 3.63) is 68.7 Å². The lowest BCUT2D eigenvalue weighted by Crippen LogP contribution is -2.48. The van der Waals surface area contributed by atoms with Crippen LogP contribution in [0.4, 0.5) is 0 Å². The van der Waals surface area contributed by atoms with E-state index in [2.05, 4.69) is 5.32 Å². The molecule has 0 radical (unpaired) electrons. The van der Waals surface area contributed by atoms with Gasteiger partial charge < -0.3 is 10.2 Å². The first-order chi connectivity index (χ1) is 13.8. The fraction of sp³-hybridized carbons (Fsp3) is 0.333. The highest BCUT2D eigenvalue weighted by atomic mass is 35.5. The lowest BCUT2D eigenvalue weighted by molar-refractivity contribution is -0.139. The summed E-state index contributed by atoms with van der Waals surface area (Å²) in [5.41, 5.74) is 1.78. The first-order valence-electron chi connectivity index (χ1n) is 9.12. The molecule has 0 fully saturated rings. The van der Waals surface area contributed by atoms with E-state index in [0.29, 0.717) is 27.2 Å². The summed E-state index contributed by atoms with van der Waals surface area (Å²) in [4.78, 5) is 27.0. The number of carbonyl (C=O) groups is 2. The molecule has 1 atom stereocenters. The second kappa shape index (κ2) is 11.7.